The van der Waals surface area contributed by atoms with Gasteiger partial charge in [-0.3, -0.25) is 14.4 Å². The fourth-order valence-corrected chi connectivity index (χ4v) is 7.03. The van der Waals surface area contributed by atoms with E-state index in [4.69, 9.17) is 0 Å². The van der Waals surface area contributed by atoms with Gasteiger partial charge in [-0.25, -0.2) is 8.78 Å². The molecule has 35 heavy (non-hydrogen) atoms. The number of hydrogen-bond donors (Lipinski definition) is 2. The minimum atomic E-state index is -2.72. The number of hydrogen-bond acceptors (Lipinski definition) is 6. The first-order valence-corrected chi connectivity index (χ1v) is 12.6. The van der Waals surface area contributed by atoms with Gasteiger partial charge in [-0.05, 0) is 25.1 Å². The van der Waals surface area contributed by atoms with E-state index in [1.165, 1.54) is 11.8 Å². The molecular weight excluding hydrogens is 476 g/mol. The van der Waals surface area contributed by atoms with Gasteiger partial charge in [0.1, 0.15) is 0 Å². The molecule has 3 amide bonds. The summed E-state index contributed by atoms with van der Waals surface area (Å²) in [6.45, 7) is 4.95. The molecule has 6 unspecified atom stereocenters. The standard InChI is InChI=1S/C24H29F2N5O3S/c1-5-31-19-20(24(19,11-27)23(34)28-10-15(25)26)35-18-16(22(31)33)17(18)29-13-7-6-8-14(9-13)30(4)21(32)12(2)3/h6-9,12,15-20,29H,5,10H2,1-4H3,(H,28,34). The van der Waals surface area contributed by atoms with Crippen molar-refractivity contribution in [2.75, 3.05) is 30.4 Å². The lowest BCUT2D eigenvalue weighted by atomic mass is 10.1. The molecule has 0 radical (unpaired) electrons. The quantitative estimate of drug-likeness (QED) is 0.562. The Morgan fingerprint density at radius 1 is 1.34 bits per heavy atom. The fraction of sp³-hybridized carbons (Fsp3) is 0.583. The molecule has 1 heterocycles. The predicted octanol–water partition coefficient (Wildman–Crippen LogP) is 2.32. The molecule has 2 N–H and O–H groups in total. The molecule has 3 fully saturated rings. The van der Waals surface area contributed by atoms with Gasteiger partial charge in [-0.2, -0.15) is 5.26 Å². The third-order valence-corrected chi connectivity index (χ3v) is 8.79. The Bertz CT molecular complexity index is 1080. The van der Waals surface area contributed by atoms with Gasteiger partial charge in [0.15, 0.2) is 5.41 Å². The minimum absolute atomic E-state index is 0.0132. The number of alkyl halides is 2. The van der Waals surface area contributed by atoms with Crippen molar-refractivity contribution in [1.82, 2.24) is 10.2 Å². The van der Waals surface area contributed by atoms with Crippen molar-refractivity contribution in [3.05, 3.63) is 24.3 Å². The van der Waals surface area contributed by atoms with Gasteiger partial charge < -0.3 is 20.4 Å². The number of anilines is 2. The third kappa shape index (κ3) is 4.22. The number of halogens is 2. The Balaban J connectivity index is 1.51. The second-order valence-electron chi connectivity index (χ2n) is 9.47. The van der Waals surface area contributed by atoms with E-state index in [9.17, 15) is 28.4 Å². The number of fused-ring (bicyclic) bond motifs is 2. The van der Waals surface area contributed by atoms with Gasteiger partial charge in [0, 0.05) is 36.1 Å². The number of nitrogens with zero attached hydrogens (tertiary/aromatic N) is 3. The third-order valence-electron chi connectivity index (χ3n) is 6.96. The average Bonchev–Trinajstić information content (AvgIpc) is 3.70. The lowest BCUT2D eigenvalue weighted by Gasteiger charge is -2.23. The highest BCUT2D eigenvalue weighted by Crippen LogP contribution is 2.65. The van der Waals surface area contributed by atoms with Crippen molar-refractivity contribution in [2.45, 2.75) is 49.8 Å². The highest BCUT2D eigenvalue weighted by molar-refractivity contribution is 8.01. The van der Waals surface area contributed by atoms with E-state index in [2.05, 4.69) is 10.6 Å². The Morgan fingerprint density at radius 3 is 2.66 bits per heavy atom. The SMILES string of the molecule is CCN1C(=O)C2C(Nc3cccc(N(C)C(=O)C(C)C)c3)C2SC2C1C2(C#N)C(=O)NCC(F)F. The first-order chi connectivity index (χ1) is 16.6. The number of rotatable bonds is 8. The molecule has 1 aliphatic heterocycles. The topological polar surface area (TPSA) is 106 Å². The molecule has 3 aliphatic rings. The first-order valence-electron chi connectivity index (χ1n) is 11.7. The average molecular weight is 506 g/mol. The van der Waals surface area contributed by atoms with Crippen LogP contribution in [0.4, 0.5) is 20.2 Å². The van der Waals surface area contributed by atoms with Gasteiger partial charge >= 0.3 is 0 Å². The zero-order valence-electron chi connectivity index (χ0n) is 20.0. The second kappa shape index (κ2) is 9.30. The van der Waals surface area contributed by atoms with Crippen molar-refractivity contribution in [1.29, 1.82) is 5.26 Å². The molecule has 4 rings (SSSR count). The van der Waals surface area contributed by atoms with E-state index in [0.717, 1.165) is 11.4 Å². The summed E-state index contributed by atoms with van der Waals surface area (Å²) in [5, 5.41) is 14.8. The molecule has 2 saturated carbocycles. The van der Waals surface area contributed by atoms with Crippen LogP contribution in [0.15, 0.2) is 24.3 Å². The van der Waals surface area contributed by atoms with Crippen LogP contribution in [0.1, 0.15) is 20.8 Å². The van der Waals surface area contributed by atoms with Crippen LogP contribution >= 0.6 is 11.8 Å². The van der Waals surface area contributed by atoms with Gasteiger partial charge in [0.2, 0.25) is 17.7 Å². The predicted molar refractivity (Wildman–Crippen MR) is 129 cm³/mol. The maximum absolute atomic E-state index is 13.3. The number of thioether (sulfide) groups is 1. The van der Waals surface area contributed by atoms with Crippen LogP contribution in [-0.4, -0.2) is 71.8 Å². The van der Waals surface area contributed by atoms with Crippen molar-refractivity contribution < 1.29 is 23.2 Å². The van der Waals surface area contributed by atoms with Crippen molar-refractivity contribution in [3.63, 3.8) is 0 Å². The Hall–Kier alpha value is -2.87. The molecule has 188 valence electrons. The molecule has 0 spiro atoms. The zero-order chi connectivity index (χ0) is 25.7. The fourth-order valence-electron chi connectivity index (χ4n) is 4.97. The van der Waals surface area contributed by atoms with Crippen LogP contribution in [0.25, 0.3) is 0 Å². The normalized spacial score (nSPS) is 30.7. The van der Waals surface area contributed by atoms with Crippen LogP contribution in [0.3, 0.4) is 0 Å². The zero-order valence-corrected chi connectivity index (χ0v) is 20.8. The summed E-state index contributed by atoms with van der Waals surface area (Å²) in [6.07, 6.45) is -2.72. The Kier molecular flexibility index (Phi) is 6.70. The Labute approximate surface area is 207 Å². The van der Waals surface area contributed by atoms with Crippen LogP contribution in [-0.2, 0) is 14.4 Å². The van der Waals surface area contributed by atoms with Crippen LogP contribution in [0.2, 0.25) is 0 Å². The molecule has 1 saturated heterocycles. The highest BCUT2D eigenvalue weighted by atomic mass is 32.2. The van der Waals surface area contributed by atoms with E-state index in [1.807, 2.05) is 44.2 Å². The van der Waals surface area contributed by atoms with Gasteiger partial charge in [-0.1, -0.05) is 19.9 Å². The van der Waals surface area contributed by atoms with E-state index in [0.29, 0.717) is 6.54 Å². The molecule has 1 aromatic rings. The van der Waals surface area contributed by atoms with E-state index in [1.54, 1.807) is 23.8 Å². The van der Waals surface area contributed by atoms with Gasteiger partial charge in [0.05, 0.1) is 35.9 Å². The molecule has 0 bridgehead atoms. The van der Waals surface area contributed by atoms with Crippen molar-refractivity contribution >= 4 is 40.9 Å². The highest BCUT2D eigenvalue weighted by Gasteiger charge is 2.79. The molecule has 2 aliphatic carbocycles. The molecule has 6 atom stereocenters. The number of nitriles is 1. The summed E-state index contributed by atoms with van der Waals surface area (Å²) in [5.41, 5.74) is -0.0393. The van der Waals surface area contributed by atoms with Crippen molar-refractivity contribution in [3.8, 4) is 6.07 Å². The van der Waals surface area contributed by atoms with Gasteiger partial charge in [-0.15, -0.1) is 11.8 Å². The lowest BCUT2D eigenvalue weighted by molar-refractivity contribution is -0.134. The van der Waals surface area contributed by atoms with Crippen LogP contribution in [0.5, 0.6) is 0 Å². The van der Waals surface area contributed by atoms with Crippen LogP contribution in [0, 0.1) is 28.6 Å². The summed E-state index contributed by atoms with van der Waals surface area (Å²) in [6, 6.07) is 8.59. The number of nitrogens with one attached hydrogen (secondary N) is 2. The van der Waals surface area contributed by atoms with Crippen molar-refractivity contribution in [2.24, 2.45) is 17.3 Å². The van der Waals surface area contributed by atoms with E-state index in [-0.39, 0.29) is 34.9 Å². The largest absolute Gasteiger partial charge is 0.380 e. The van der Waals surface area contributed by atoms with E-state index >= 15 is 0 Å². The number of amides is 3. The summed E-state index contributed by atoms with van der Waals surface area (Å²) in [5.74, 6) is -1.36. The lowest BCUT2D eigenvalue weighted by Crippen LogP contribution is -2.43. The smallest absolute Gasteiger partial charge is 0.255 e. The minimum Gasteiger partial charge on any atom is -0.380 e. The number of carbonyl (C=O) groups is 3. The Morgan fingerprint density at radius 2 is 2.06 bits per heavy atom. The number of benzene rings is 1. The number of carbonyl (C=O) groups excluding carboxylic acids is 3. The molecular formula is C24H29F2N5O3S. The summed E-state index contributed by atoms with van der Waals surface area (Å²) < 4.78 is 25.3. The molecule has 1 aromatic carbocycles. The molecule has 11 heteroatoms. The summed E-state index contributed by atoms with van der Waals surface area (Å²) in [7, 11) is 1.72. The summed E-state index contributed by atoms with van der Waals surface area (Å²) in [4.78, 5) is 41.6. The maximum Gasteiger partial charge on any atom is 0.255 e. The van der Waals surface area contributed by atoms with Gasteiger partial charge in [0.25, 0.3) is 6.43 Å². The second-order valence-corrected chi connectivity index (χ2v) is 10.8. The van der Waals surface area contributed by atoms with E-state index < -0.39 is 35.6 Å². The summed E-state index contributed by atoms with van der Waals surface area (Å²) >= 11 is 1.41. The molecule has 0 aromatic heterocycles. The monoisotopic (exact) mass is 505 g/mol. The maximum atomic E-state index is 13.3. The molecule has 8 nitrogen and oxygen atoms in total. The van der Waals surface area contributed by atoms with Crippen LogP contribution < -0.4 is 15.5 Å². The first kappa shape index (κ1) is 25.2.